The fraction of sp³-hybridized carbons (Fsp3) is 0.273. The van der Waals surface area contributed by atoms with Crippen molar-refractivity contribution in [3.63, 3.8) is 0 Å². The van der Waals surface area contributed by atoms with Crippen LogP contribution in [-0.4, -0.2) is 32.7 Å². The molecule has 0 fully saturated rings. The van der Waals surface area contributed by atoms with Crippen molar-refractivity contribution in [3.8, 4) is 17.0 Å². The number of aromatic hydroxyl groups is 1. The summed E-state index contributed by atoms with van der Waals surface area (Å²) in [5, 5.41) is 18.6. The van der Waals surface area contributed by atoms with Crippen LogP contribution in [0.2, 0.25) is 5.02 Å². The van der Waals surface area contributed by atoms with Crippen LogP contribution in [-0.2, 0) is 0 Å². The van der Waals surface area contributed by atoms with Gasteiger partial charge in [-0.3, -0.25) is 9.89 Å². The van der Waals surface area contributed by atoms with Gasteiger partial charge in [0, 0.05) is 22.7 Å². The predicted molar refractivity (Wildman–Crippen MR) is 110 cm³/mol. The van der Waals surface area contributed by atoms with Gasteiger partial charge in [0.25, 0.3) is 5.91 Å². The number of phenols is 1. The fourth-order valence-corrected chi connectivity index (χ4v) is 4.23. The monoisotopic (exact) mass is 395 g/mol. The largest absolute Gasteiger partial charge is 0.507 e. The Hall–Kier alpha value is -2.79. The van der Waals surface area contributed by atoms with Gasteiger partial charge in [-0.15, -0.1) is 0 Å². The van der Waals surface area contributed by atoms with Crippen molar-refractivity contribution < 1.29 is 9.90 Å². The van der Waals surface area contributed by atoms with Crippen LogP contribution in [0.3, 0.4) is 0 Å². The van der Waals surface area contributed by atoms with Crippen LogP contribution in [0.4, 0.5) is 0 Å². The lowest BCUT2D eigenvalue weighted by Gasteiger charge is -2.26. The lowest BCUT2D eigenvalue weighted by Crippen LogP contribution is -2.30. The standard InChI is InChI=1S/C22H22ClN3O2/c1-4-9-26-21(14-5-7-15(23)8-6-14)18-19(24-25-20(18)22(26)28)17-13(3)10-12(2)11-16(17)27/h5-8,10-11,21,27H,4,9H2,1-3H3,(H,24,25). The Labute approximate surface area is 169 Å². The van der Waals surface area contributed by atoms with Crippen LogP contribution in [0.5, 0.6) is 5.75 Å². The Balaban J connectivity index is 1.94. The molecule has 0 saturated carbocycles. The number of rotatable bonds is 4. The fourth-order valence-electron chi connectivity index (χ4n) is 4.10. The van der Waals surface area contributed by atoms with E-state index in [0.29, 0.717) is 28.5 Å². The molecule has 1 atom stereocenters. The third-order valence-electron chi connectivity index (χ3n) is 5.21. The maximum Gasteiger partial charge on any atom is 0.273 e. The second-order valence-corrected chi connectivity index (χ2v) is 7.73. The van der Waals surface area contributed by atoms with Gasteiger partial charge in [0.05, 0.1) is 6.04 Å². The Morgan fingerprint density at radius 1 is 1.21 bits per heavy atom. The van der Waals surface area contributed by atoms with E-state index in [1.165, 1.54) is 0 Å². The zero-order valence-corrected chi connectivity index (χ0v) is 16.8. The molecule has 0 radical (unpaired) electrons. The molecule has 0 bridgehead atoms. The number of halogens is 1. The number of fused-ring (bicyclic) bond motifs is 1. The minimum absolute atomic E-state index is 0.0696. The van der Waals surface area contributed by atoms with Crippen molar-refractivity contribution in [2.24, 2.45) is 0 Å². The van der Waals surface area contributed by atoms with Gasteiger partial charge in [-0.25, -0.2) is 0 Å². The molecule has 144 valence electrons. The van der Waals surface area contributed by atoms with Crippen LogP contribution in [0, 0.1) is 13.8 Å². The molecule has 2 N–H and O–H groups in total. The second kappa shape index (κ2) is 6.99. The number of amides is 1. The van der Waals surface area contributed by atoms with Crippen molar-refractivity contribution in [1.29, 1.82) is 0 Å². The molecule has 1 aliphatic rings. The number of aromatic nitrogens is 2. The first kappa shape index (κ1) is 18.6. The number of aromatic amines is 1. The average Bonchev–Trinajstić information content (AvgIpc) is 3.16. The zero-order valence-electron chi connectivity index (χ0n) is 16.1. The SMILES string of the molecule is CCCN1C(=O)c2[nH]nc(-c3c(C)cc(C)cc3O)c2C1c1ccc(Cl)cc1. The van der Waals surface area contributed by atoms with E-state index in [2.05, 4.69) is 10.2 Å². The summed E-state index contributed by atoms with van der Waals surface area (Å²) in [7, 11) is 0. The Morgan fingerprint density at radius 2 is 1.93 bits per heavy atom. The Bertz CT molecular complexity index is 1030. The van der Waals surface area contributed by atoms with E-state index in [-0.39, 0.29) is 17.7 Å². The van der Waals surface area contributed by atoms with E-state index in [1.54, 1.807) is 6.07 Å². The smallest absolute Gasteiger partial charge is 0.273 e. The Morgan fingerprint density at radius 3 is 2.57 bits per heavy atom. The van der Waals surface area contributed by atoms with Gasteiger partial charge in [-0.1, -0.05) is 36.7 Å². The highest BCUT2D eigenvalue weighted by molar-refractivity contribution is 6.30. The molecule has 0 aliphatic carbocycles. The maximum atomic E-state index is 13.1. The van der Waals surface area contributed by atoms with Gasteiger partial charge >= 0.3 is 0 Å². The third kappa shape index (κ3) is 2.87. The normalized spacial score (nSPS) is 15.9. The molecule has 6 heteroatoms. The van der Waals surface area contributed by atoms with E-state index in [4.69, 9.17) is 11.6 Å². The van der Waals surface area contributed by atoms with Crippen LogP contribution in [0.1, 0.15) is 52.1 Å². The van der Waals surface area contributed by atoms with E-state index in [1.807, 2.05) is 56.0 Å². The highest BCUT2D eigenvalue weighted by atomic mass is 35.5. The number of phenolic OH excluding ortho intramolecular Hbond substituents is 1. The maximum absolute atomic E-state index is 13.1. The van der Waals surface area contributed by atoms with Gasteiger partial charge < -0.3 is 10.0 Å². The van der Waals surface area contributed by atoms with Crippen molar-refractivity contribution in [2.45, 2.75) is 33.2 Å². The minimum atomic E-state index is -0.270. The summed E-state index contributed by atoms with van der Waals surface area (Å²) < 4.78 is 0. The second-order valence-electron chi connectivity index (χ2n) is 7.29. The third-order valence-corrected chi connectivity index (χ3v) is 5.46. The van der Waals surface area contributed by atoms with Gasteiger partial charge in [-0.05, 0) is 55.2 Å². The van der Waals surface area contributed by atoms with Crippen LogP contribution < -0.4 is 0 Å². The molecular weight excluding hydrogens is 374 g/mol. The van der Waals surface area contributed by atoms with Crippen molar-refractivity contribution in [1.82, 2.24) is 15.1 Å². The quantitative estimate of drug-likeness (QED) is 0.652. The van der Waals surface area contributed by atoms with E-state index >= 15 is 0 Å². The predicted octanol–water partition coefficient (Wildman–Crippen LogP) is 5.01. The number of aryl methyl sites for hydroxylation is 2. The molecule has 3 aromatic rings. The first-order valence-electron chi connectivity index (χ1n) is 9.37. The highest BCUT2D eigenvalue weighted by Gasteiger charge is 2.42. The summed E-state index contributed by atoms with van der Waals surface area (Å²) in [4.78, 5) is 14.9. The topological polar surface area (TPSA) is 69.2 Å². The summed E-state index contributed by atoms with van der Waals surface area (Å²) in [6, 6.07) is 11.0. The molecular formula is C22H22ClN3O2. The highest BCUT2D eigenvalue weighted by Crippen LogP contribution is 2.45. The number of carbonyl (C=O) groups is 1. The van der Waals surface area contributed by atoms with Gasteiger partial charge in [0.15, 0.2) is 0 Å². The molecule has 2 aromatic carbocycles. The Kier molecular flexibility index (Phi) is 4.63. The van der Waals surface area contributed by atoms with Gasteiger partial charge in [0.1, 0.15) is 17.1 Å². The van der Waals surface area contributed by atoms with Crippen LogP contribution in [0.15, 0.2) is 36.4 Å². The number of H-pyrrole nitrogens is 1. The van der Waals surface area contributed by atoms with Gasteiger partial charge in [-0.2, -0.15) is 5.10 Å². The molecule has 0 spiro atoms. The molecule has 4 rings (SSSR count). The number of hydrogen-bond acceptors (Lipinski definition) is 3. The minimum Gasteiger partial charge on any atom is -0.507 e. The molecule has 2 heterocycles. The molecule has 1 aromatic heterocycles. The lowest BCUT2D eigenvalue weighted by molar-refractivity contribution is 0.0744. The molecule has 1 unspecified atom stereocenters. The summed E-state index contributed by atoms with van der Waals surface area (Å²) in [5.74, 6) is 0.0999. The van der Waals surface area contributed by atoms with Crippen molar-refractivity contribution in [3.05, 3.63) is 69.4 Å². The zero-order chi connectivity index (χ0) is 20.0. The lowest BCUT2D eigenvalue weighted by atomic mass is 9.93. The number of hydrogen-bond donors (Lipinski definition) is 2. The summed E-state index contributed by atoms with van der Waals surface area (Å²) in [6.45, 7) is 6.57. The summed E-state index contributed by atoms with van der Waals surface area (Å²) >= 11 is 6.08. The molecule has 1 aliphatic heterocycles. The van der Waals surface area contributed by atoms with Crippen LogP contribution in [0.25, 0.3) is 11.3 Å². The average molecular weight is 396 g/mol. The van der Waals surface area contributed by atoms with E-state index in [0.717, 1.165) is 28.7 Å². The summed E-state index contributed by atoms with van der Waals surface area (Å²) in [5.41, 5.74) is 5.44. The van der Waals surface area contributed by atoms with E-state index < -0.39 is 0 Å². The molecule has 1 amide bonds. The first-order valence-corrected chi connectivity index (χ1v) is 9.75. The number of carbonyl (C=O) groups excluding carboxylic acids is 1. The number of nitrogens with zero attached hydrogens (tertiary/aromatic N) is 2. The molecule has 0 saturated heterocycles. The first-order chi connectivity index (χ1) is 13.4. The van der Waals surface area contributed by atoms with Gasteiger partial charge in [0.2, 0.25) is 0 Å². The van der Waals surface area contributed by atoms with E-state index in [9.17, 15) is 9.90 Å². The number of benzene rings is 2. The number of nitrogens with one attached hydrogen (secondary N) is 1. The molecule has 5 nitrogen and oxygen atoms in total. The van der Waals surface area contributed by atoms with Crippen molar-refractivity contribution in [2.75, 3.05) is 6.54 Å². The van der Waals surface area contributed by atoms with Crippen LogP contribution >= 0.6 is 11.6 Å². The van der Waals surface area contributed by atoms with Crippen molar-refractivity contribution >= 4 is 17.5 Å². The molecule has 28 heavy (non-hydrogen) atoms. The summed E-state index contributed by atoms with van der Waals surface area (Å²) in [6.07, 6.45) is 0.845.